The van der Waals surface area contributed by atoms with Crippen LogP contribution in [0.3, 0.4) is 0 Å². The maximum absolute atomic E-state index is 3.50. The summed E-state index contributed by atoms with van der Waals surface area (Å²) < 4.78 is 0. The molecule has 1 aromatic carbocycles. The molecule has 0 aromatic heterocycles. The van der Waals surface area contributed by atoms with Gasteiger partial charge in [0.2, 0.25) is 0 Å². The highest BCUT2D eigenvalue weighted by atomic mass is 79.9. The Hall–Kier alpha value is -0.500. The largest absolute Gasteiger partial charge is 0.371 e. The number of anilines is 1. The van der Waals surface area contributed by atoms with Crippen molar-refractivity contribution >= 4 is 21.6 Å². The van der Waals surface area contributed by atoms with Gasteiger partial charge in [0.25, 0.3) is 0 Å². The third kappa shape index (κ3) is 3.48. The summed E-state index contributed by atoms with van der Waals surface area (Å²) in [7, 11) is 0. The van der Waals surface area contributed by atoms with Crippen molar-refractivity contribution in [1.82, 2.24) is 0 Å². The second-order valence-corrected chi connectivity index (χ2v) is 5.77. The molecule has 0 atom stereocenters. The van der Waals surface area contributed by atoms with Crippen molar-refractivity contribution in [2.75, 3.05) is 23.3 Å². The highest BCUT2D eigenvalue weighted by molar-refractivity contribution is 9.09. The van der Waals surface area contributed by atoms with E-state index in [9.17, 15) is 0 Å². The average molecular weight is 296 g/mol. The van der Waals surface area contributed by atoms with Crippen LogP contribution in [0.25, 0.3) is 0 Å². The van der Waals surface area contributed by atoms with Crippen molar-refractivity contribution in [1.29, 1.82) is 0 Å². The van der Waals surface area contributed by atoms with E-state index >= 15 is 0 Å². The zero-order valence-electron chi connectivity index (χ0n) is 10.7. The van der Waals surface area contributed by atoms with E-state index in [-0.39, 0.29) is 0 Å². The molecule has 1 heterocycles. The molecule has 0 amide bonds. The van der Waals surface area contributed by atoms with E-state index in [0.29, 0.717) is 0 Å². The van der Waals surface area contributed by atoms with Gasteiger partial charge in [0.1, 0.15) is 0 Å². The molecule has 0 aliphatic carbocycles. The first-order valence-electron chi connectivity index (χ1n) is 6.71. The van der Waals surface area contributed by atoms with Gasteiger partial charge >= 0.3 is 0 Å². The van der Waals surface area contributed by atoms with Crippen LogP contribution in [0.1, 0.15) is 36.8 Å². The molecule has 17 heavy (non-hydrogen) atoms. The minimum Gasteiger partial charge on any atom is -0.371 e. The van der Waals surface area contributed by atoms with Crippen LogP contribution >= 0.6 is 15.9 Å². The molecular formula is C15H22BrN. The lowest BCUT2D eigenvalue weighted by molar-refractivity contribution is 0.640. The van der Waals surface area contributed by atoms with Crippen LogP contribution in [0.4, 0.5) is 5.69 Å². The summed E-state index contributed by atoms with van der Waals surface area (Å²) in [5, 5.41) is 1.14. The van der Waals surface area contributed by atoms with E-state index in [1.54, 1.807) is 5.56 Å². The topological polar surface area (TPSA) is 3.24 Å². The van der Waals surface area contributed by atoms with Crippen LogP contribution < -0.4 is 4.90 Å². The first-order chi connectivity index (χ1) is 8.31. The highest BCUT2D eigenvalue weighted by Crippen LogP contribution is 2.28. The standard InChI is InChI=1S/C15H22BrN/c1-13-7-8-15-14(12-13)6-5-11-17(15)10-4-2-3-9-16/h7-8,12H,2-6,9-11H2,1H3. The molecule has 0 saturated heterocycles. The van der Waals surface area contributed by atoms with Gasteiger partial charge < -0.3 is 4.90 Å². The zero-order valence-corrected chi connectivity index (χ0v) is 12.3. The van der Waals surface area contributed by atoms with Crippen LogP contribution in [0, 0.1) is 6.92 Å². The summed E-state index contributed by atoms with van der Waals surface area (Å²) in [6.07, 6.45) is 6.53. The monoisotopic (exact) mass is 295 g/mol. The third-order valence-electron chi connectivity index (χ3n) is 3.51. The number of rotatable bonds is 5. The molecule has 1 aliphatic heterocycles. The van der Waals surface area contributed by atoms with Crippen molar-refractivity contribution in [3.05, 3.63) is 29.3 Å². The highest BCUT2D eigenvalue weighted by Gasteiger charge is 2.15. The molecule has 0 N–H and O–H groups in total. The Kier molecular flexibility index (Phi) is 4.90. The summed E-state index contributed by atoms with van der Waals surface area (Å²) >= 11 is 3.50. The van der Waals surface area contributed by atoms with Gasteiger partial charge in [-0.05, 0) is 44.2 Å². The van der Waals surface area contributed by atoms with Gasteiger partial charge in [0.05, 0.1) is 0 Å². The first kappa shape index (κ1) is 12.9. The molecule has 1 aromatic rings. The summed E-state index contributed by atoms with van der Waals surface area (Å²) in [5.74, 6) is 0. The number of hydrogen-bond acceptors (Lipinski definition) is 1. The molecule has 1 aliphatic rings. The molecule has 0 fully saturated rings. The van der Waals surface area contributed by atoms with Gasteiger partial charge in [-0.25, -0.2) is 0 Å². The number of aryl methyl sites for hydroxylation is 2. The minimum absolute atomic E-state index is 1.14. The normalized spacial score (nSPS) is 14.8. The lowest BCUT2D eigenvalue weighted by atomic mass is 9.99. The maximum atomic E-state index is 3.50. The predicted molar refractivity (Wildman–Crippen MR) is 79.4 cm³/mol. The molecule has 0 radical (unpaired) electrons. The average Bonchev–Trinajstić information content (AvgIpc) is 2.34. The predicted octanol–water partition coefficient (Wildman–Crippen LogP) is 4.31. The Bertz CT molecular complexity index is 362. The van der Waals surface area contributed by atoms with Gasteiger partial charge in [0.15, 0.2) is 0 Å². The summed E-state index contributed by atoms with van der Waals surface area (Å²) in [4.78, 5) is 2.58. The molecule has 2 heteroatoms. The molecule has 0 bridgehead atoms. The number of benzene rings is 1. The number of halogens is 1. The van der Waals surface area contributed by atoms with Crippen LogP contribution in [0.15, 0.2) is 18.2 Å². The van der Waals surface area contributed by atoms with E-state index < -0.39 is 0 Å². The number of alkyl halides is 1. The fraction of sp³-hybridized carbons (Fsp3) is 0.600. The second kappa shape index (κ2) is 6.44. The summed E-state index contributed by atoms with van der Waals surface area (Å²) in [5.41, 5.74) is 4.43. The van der Waals surface area contributed by atoms with Gasteiger partial charge in [-0.1, -0.05) is 40.0 Å². The molecule has 0 spiro atoms. The Balaban J connectivity index is 1.97. The molecule has 0 unspecified atom stereocenters. The Morgan fingerprint density at radius 2 is 2.12 bits per heavy atom. The fourth-order valence-corrected chi connectivity index (χ4v) is 3.01. The van der Waals surface area contributed by atoms with Gasteiger partial charge in [0, 0.05) is 24.1 Å². The van der Waals surface area contributed by atoms with E-state index in [0.717, 1.165) is 5.33 Å². The van der Waals surface area contributed by atoms with Crippen molar-refractivity contribution < 1.29 is 0 Å². The second-order valence-electron chi connectivity index (χ2n) is 4.97. The summed E-state index contributed by atoms with van der Waals surface area (Å²) in [6, 6.07) is 6.92. The zero-order chi connectivity index (χ0) is 12.1. The molecular weight excluding hydrogens is 274 g/mol. The number of hydrogen-bond donors (Lipinski definition) is 0. The Morgan fingerprint density at radius 3 is 2.94 bits per heavy atom. The van der Waals surface area contributed by atoms with Crippen molar-refractivity contribution in [3.63, 3.8) is 0 Å². The van der Waals surface area contributed by atoms with Crippen LogP contribution in [0.5, 0.6) is 0 Å². The van der Waals surface area contributed by atoms with Crippen LogP contribution in [-0.4, -0.2) is 18.4 Å². The van der Waals surface area contributed by atoms with Gasteiger partial charge in [-0.2, -0.15) is 0 Å². The molecule has 94 valence electrons. The number of nitrogens with zero attached hydrogens (tertiary/aromatic N) is 1. The Morgan fingerprint density at radius 1 is 1.24 bits per heavy atom. The van der Waals surface area contributed by atoms with E-state index in [2.05, 4.69) is 46.0 Å². The number of fused-ring (bicyclic) bond motifs is 1. The summed E-state index contributed by atoms with van der Waals surface area (Å²) in [6.45, 7) is 4.66. The minimum atomic E-state index is 1.14. The van der Waals surface area contributed by atoms with Crippen molar-refractivity contribution in [2.24, 2.45) is 0 Å². The van der Waals surface area contributed by atoms with Crippen molar-refractivity contribution in [2.45, 2.75) is 39.0 Å². The SMILES string of the molecule is Cc1ccc2c(c1)CCCN2CCCCCBr. The maximum Gasteiger partial charge on any atom is 0.0398 e. The third-order valence-corrected chi connectivity index (χ3v) is 4.07. The molecule has 0 saturated carbocycles. The quantitative estimate of drug-likeness (QED) is 0.578. The van der Waals surface area contributed by atoms with Crippen molar-refractivity contribution in [3.8, 4) is 0 Å². The lowest BCUT2D eigenvalue weighted by Crippen LogP contribution is -2.30. The van der Waals surface area contributed by atoms with Crippen LogP contribution in [-0.2, 0) is 6.42 Å². The van der Waals surface area contributed by atoms with E-state index in [4.69, 9.17) is 0 Å². The first-order valence-corrected chi connectivity index (χ1v) is 7.84. The van der Waals surface area contributed by atoms with Gasteiger partial charge in [-0.3, -0.25) is 0 Å². The van der Waals surface area contributed by atoms with Gasteiger partial charge in [-0.15, -0.1) is 0 Å². The molecule has 1 nitrogen and oxygen atoms in total. The Labute approximate surface area is 113 Å². The smallest absolute Gasteiger partial charge is 0.0398 e. The fourth-order valence-electron chi connectivity index (χ4n) is 2.61. The van der Waals surface area contributed by atoms with E-state index in [1.165, 1.54) is 56.4 Å². The lowest BCUT2D eigenvalue weighted by Gasteiger charge is -2.31. The molecule has 2 rings (SSSR count). The number of unbranched alkanes of at least 4 members (excludes halogenated alkanes) is 2. The van der Waals surface area contributed by atoms with E-state index in [1.807, 2.05) is 0 Å². The van der Waals surface area contributed by atoms with Crippen LogP contribution in [0.2, 0.25) is 0 Å².